The topological polar surface area (TPSA) is 128 Å². The Balaban J connectivity index is 1.71. The lowest BCUT2D eigenvalue weighted by atomic mass is 10.3. The summed E-state index contributed by atoms with van der Waals surface area (Å²) < 4.78 is 9.83. The van der Waals surface area contributed by atoms with Crippen molar-refractivity contribution in [2.45, 2.75) is 18.9 Å². The van der Waals surface area contributed by atoms with Gasteiger partial charge in [0.05, 0.1) is 11.5 Å². The molecular formula is C16H19N3O7. The van der Waals surface area contributed by atoms with Crippen LogP contribution < -0.4 is 10.1 Å². The zero-order valence-corrected chi connectivity index (χ0v) is 14.2. The van der Waals surface area contributed by atoms with Gasteiger partial charge >= 0.3 is 11.7 Å². The van der Waals surface area contributed by atoms with Crippen molar-refractivity contribution in [3.05, 3.63) is 34.4 Å². The molecule has 0 aromatic heterocycles. The summed E-state index contributed by atoms with van der Waals surface area (Å²) in [6.45, 7) is -1.25. The van der Waals surface area contributed by atoms with Crippen molar-refractivity contribution in [3.63, 3.8) is 0 Å². The number of rotatable bonds is 9. The SMILES string of the molecule is CN(CC(=O)NC1CC1)C(=O)COC(=O)COc1ccccc1[N+](=O)[O-]. The number of nitrogens with zero attached hydrogens (tertiary/aromatic N) is 2. The molecule has 0 aliphatic heterocycles. The van der Waals surface area contributed by atoms with E-state index < -0.39 is 30.0 Å². The second kappa shape index (κ2) is 8.79. The highest BCUT2D eigenvalue weighted by Gasteiger charge is 2.24. The number of hydrogen-bond donors (Lipinski definition) is 1. The maximum Gasteiger partial charge on any atom is 0.344 e. The average Bonchev–Trinajstić information content (AvgIpc) is 3.41. The Labute approximate surface area is 149 Å². The lowest BCUT2D eigenvalue weighted by molar-refractivity contribution is -0.385. The van der Waals surface area contributed by atoms with Gasteiger partial charge in [-0.2, -0.15) is 0 Å². The first-order valence-corrected chi connectivity index (χ1v) is 7.92. The summed E-state index contributed by atoms with van der Waals surface area (Å²) in [4.78, 5) is 46.4. The molecular weight excluding hydrogens is 346 g/mol. The van der Waals surface area contributed by atoms with Crippen LogP contribution in [-0.4, -0.2) is 60.5 Å². The smallest absolute Gasteiger partial charge is 0.344 e. The van der Waals surface area contributed by atoms with E-state index in [2.05, 4.69) is 5.32 Å². The van der Waals surface area contributed by atoms with E-state index in [0.29, 0.717) is 0 Å². The number of ether oxygens (including phenoxy) is 2. The number of nitro benzene ring substituents is 1. The van der Waals surface area contributed by atoms with Gasteiger partial charge in [-0.25, -0.2) is 4.79 Å². The number of likely N-dealkylation sites (N-methyl/N-ethyl adjacent to an activating group) is 1. The highest BCUT2D eigenvalue weighted by atomic mass is 16.6. The monoisotopic (exact) mass is 365 g/mol. The van der Waals surface area contributed by atoms with Crippen LogP contribution in [0.4, 0.5) is 5.69 Å². The average molecular weight is 365 g/mol. The Kier molecular flexibility index (Phi) is 6.48. The molecule has 0 heterocycles. The molecule has 1 aliphatic carbocycles. The second-order valence-corrected chi connectivity index (χ2v) is 5.77. The van der Waals surface area contributed by atoms with Gasteiger partial charge in [-0.15, -0.1) is 0 Å². The van der Waals surface area contributed by atoms with E-state index in [-0.39, 0.29) is 29.9 Å². The van der Waals surface area contributed by atoms with Crippen molar-refractivity contribution in [2.75, 3.05) is 26.8 Å². The lowest BCUT2D eigenvalue weighted by Gasteiger charge is -2.16. The number of carbonyl (C=O) groups is 3. The van der Waals surface area contributed by atoms with Gasteiger partial charge in [-0.3, -0.25) is 19.7 Å². The Morgan fingerprint density at radius 1 is 1.27 bits per heavy atom. The molecule has 0 unspecified atom stereocenters. The summed E-state index contributed by atoms with van der Waals surface area (Å²) in [5, 5.41) is 13.6. The molecule has 1 aromatic rings. The fourth-order valence-electron chi connectivity index (χ4n) is 1.97. The standard InChI is InChI=1S/C16H19N3O7/c1-18(8-14(20)17-11-6-7-11)15(21)9-26-16(22)10-25-13-5-3-2-4-12(13)19(23)24/h2-5,11H,6-10H2,1H3,(H,17,20). The zero-order valence-electron chi connectivity index (χ0n) is 14.2. The summed E-state index contributed by atoms with van der Waals surface area (Å²) in [6, 6.07) is 5.79. The minimum Gasteiger partial charge on any atom is -0.475 e. The van der Waals surface area contributed by atoms with Gasteiger partial charge in [-0.1, -0.05) is 12.1 Å². The maximum absolute atomic E-state index is 11.8. The van der Waals surface area contributed by atoms with Crippen molar-refractivity contribution in [3.8, 4) is 5.75 Å². The molecule has 2 amide bonds. The first kappa shape index (κ1) is 19.2. The first-order valence-electron chi connectivity index (χ1n) is 7.92. The molecule has 1 aromatic carbocycles. The number of amides is 2. The lowest BCUT2D eigenvalue weighted by Crippen LogP contribution is -2.40. The fraction of sp³-hybridized carbons (Fsp3) is 0.438. The highest BCUT2D eigenvalue weighted by Crippen LogP contribution is 2.25. The molecule has 0 atom stereocenters. The van der Waals surface area contributed by atoms with E-state index >= 15 is 0 Å². The van der Waals surface area contributed by atoms with E-state index in [0.717, 1.165) is 17.7 Å². The van der Waals surface area contributed by atoms with Crippen molar-refractivity contribution < 1.29 is 28.8 Å². The summed E-state index contributed by atoms with van der Waals surface area (Å²) in [6.07, 6.45) is 1.89. The quantitative estimate of drug-likeness (QED) is 0.377. The molecule has 10 nitrogen and oxygen atoms in total. The summed E-state index contributed by atoms with van der Waals surface area (Å²) in [7, 11) is 1.42. The van der Waals surface area contributed by atoms with Gasteiger partial charge in [0.1, 0.15) is 0 Å². The normalized spacial score (nSPS) is 12.8. The van der Waals surface area contributed by atoms with Crippen LogP contribution in [0.1, 0.15) is 12.8 Å². The van der Waals surface area contributed by atoms with Gasteiger partial charge in [0, 0.05) is 19.2 Å². The number of nitro groups is 1. The molecule has 0 radical (unpaired) electrons. The van der Waals surface area contributed by atoms with Crippen LogP contribution in [0.25, 0.3) is 0 Å². The first-order chi connectivity index (χ1) is 12.4. The van der Waals surface area contributed by atoms with E-state index in [1.54, 1.807) is 0 Å². The van der Waals surface area contributed by atoms with Crippen LogP contribution in [0.3, 0.4) is 0 Å². The largest absolute Gasteiger partial charge is 0.475 e. The molecule has 1 aliphatic rings. The predicted octanol–water partition coefficient (Wildman–Crippen LogP) is 0.254. The number of esters is 1. The van der Waals surface area contributed by atoms with Crippen molar-refractivity contribution >= 4 is 23.5 Å². The van der Waals surface area contributed by atoms with Crippen LogP contribution >= 0.6 is 0 Å². The molecule has 0 spiro atoms. The minimum atomic E-state index is -0.854. The Morgan fingerprint density at radius 2 is 1.96 bits per heavy atom. The third-order valence-electron chi connectivity index (χ3n) is 3.51. The maximum atomic E-state index is 11.8. The number of para-hydroxylation sites is 2. The fourth-order valence-corrected chi connectivity index (χ4v) is 1.97. The summed E-state index contributed by atoms with van der Waals surface area (Å²) in [5.41, 5.74) is -0.280. The molecule has 1 fully saturated rings. The Morgan fingerprint density at radius 3 is 2.62 bits per heavy atom. The van der Waals surface area contributed by atoms with Crippen LogP contribution in [-0.2, 0) is 19.1 Å². The van der Waals surface area contributed by atoms with Gasteiger partial charge in [-0.05, 0) is 18.9 Å². The zero-order chi connectivity index (χ0) is 19.1. The predicted molar refractivity (Wildman–Crippen MR) is 88.4 cm³/mol. The number of benzene rings is 1. The molecule has 0 bridgehead atoms. The third-order valence-corrected chi connectivity index (χ3v) is 3.51. The number of carbonyl (C=O) groups excluding carboxylic acids is 3. The molecule has 140 valence electrons. The number of nitrogens with one attached hydrogen (secondary N) is 1. The molecule has 2 rings (SSSR count). The molecule has 1 N–H and O–H groups in total. The van der Waals surface area contributed by atoms with E-state index in [1.807, 2.05) is 0 Å². The van der Waals surface area contributed by atoms with Crippen molar-refractivity contribution in [2.24, 2.45) is 0 Å². The Hall–Kier alpha value is -3.17. The van der Waals surface area contributed by atoms with E-state index in [1.165, 1.54) is 31.3 Å². The third kappa shape index (κ3) is 6.04. The van der Waals surface area contributed by atoms with Gasteiger partial charge in [0.15, 0.2) is 19.0 Å². The molecule has 0 saturated heterocycles. The highest BCUT2D eigenvalue weighted by molar-refractivity contribution is 5.86. The molecule has 10 heteroatoms. The Bertz CT molecular complexity index is 703. The molecule has 1 saturated carbocycles. The number of hydrogen-bond acceptors (Lipinski definition) is 7. The van der Waals surface area contributed by atoms with E-state index in [4.69, 9.17) is 9.47 Å². The summed E-state index contributed by atoms with van der Waals surface area (Å²) in [5.74, 6) is -1.74. The van der Waals surface area contributed by atoms with Crippen LogP contribution in [0.5, 0.6) is 5.75 Å². The summed E-state index contributed by atoms with van der Waals surface area (Å²) >= 11 is 0. The van der Waals surface area contributed by atoms with Gasteiger partial charge in [0.25, 0.3) is 5.91 Å². The van der Waals surface area contributed by atoms with Gasteiger partial charge < -0.3 is 19.7 Å². The van der Waals surface area contributed by atoms with Crippen LogP contribution in [0.15, 0.2) is 24.3 Å². The van der Waals surface area contributed by atoms with Crippen LogP contribution in [0, 0.1) is 10.1 Å². The molecule has 26 heavy (non-hydrogen) atoms. The van der Waals surface area contributed by atoms with Crippen molar-refractivity contribution in [1.29, 1.82) is 0 Å². The van der Waals surface area contributed by atoms with Gasteiger partial charge in [0.2, 0.25) is 5.91 Å². The van der Waals surface area contributed by atoms with Crippen molar-refractivity contribution in [1.82, 2.24) is 10.2 Å². The van der Waals surface area contributed by atoms with Crippen LogP contribution in [0.2, 0.25) is 0 Å². The van der Waals surface area contributed by atoms with E-state index in [9.17, 15) is 24.5 Å². The minimum absolute atomic E-state index is 0.0744. The second-order valence-electron chi connectivity index (χ2n) is 5.77.